The molecule has 0 aliphatic carbocycles. The molecule has 2 aromatic heterocycles. The lowest BCUT2D eigenvalue weighted by atomic mass is 10.2. The van der Waals surface area contributed by atoms with Gasteiger partial charge in [0.2, 0.25) is 0 Å². The lowest BCUT2D eigenvalue weighted by molar-refractivity contribution is 0.0950. The summed E-state index contributed by atoms with van der Waals surface area (Å²) < 4.78 is 0. The first-order valence-corrected chi connectivity index (χ1v) is 8.63. The number of rotatable bonds is 7. The van der Waals surface area contributed by atoms with Crippen molar-refractivity contribution < 1.29 is 4.79 Å². The number of hydrogen-bond acceptors (Lipinski definition) is 6. The van der Waals surface area contributed by atoms with Crippen LogP contribution in [0.2, 0.25) is 0 Å². The van der Waals surface area contributed by atoms with Crippen molar-refractivity contribution in [2.75, 3.05) is 30.3 Å². The molecule has 1 aromatic carbocycles. The van der Waals surface area contributed by atoms with Gasteiger partial charge in [-0.15, -0.1) is 0 Å². The Balaban J connectivity index is 1.53. The Hall–Kier alpha value is -3.22. The van der Waals surface area contributed by atoms with Crippen LogP contribution in [0.1, 0.15) is 23.2 Å². The molecule has 0 bridgehead atoms. The largest absolute Gasteiger partial charge is 0.370 e. The number of fused-ring (bicyclic) bond motifs is 1. The molecule has 7 nitrogen and oxygen atoms in total. The number of carbonyl (C=O) groups excluding carboxylic acids is 1. The normalized spacial score (nSPS) is 10.5. The highest BCUT2D eigenvalue weighted by atomic mass is 16.1. The maximum absolute atomic E-state index is 12.3. The number of pyridine rings is 1. The van der Waals surface area contributed by atoms with Crippen molar-refractivity contribution in [1.82, 2.24) is 20.3 Å². The summed E-state index contributed by atoms with van der Waals surface area (Å²) in [6.07, 6.45) is 0. The molecule has 0 unspecified atom stereocenters. The van der Waals surface area contributed by atoms with E-state index in [1.165, 1.54) is 0 Å². The van der Waals surface area contributed by atoms with E-state index in [0.29, 0.717) is 24.6 Å². The molecule has 0 spiro atoms. The number of nitrogens with one attached hydrogen (secondary N) is 3. The summed E-state index contributed by atoms with van der Waals surface area (Å²) in [5.41, 5.74) is 1.22. The van der Waals surface area contributed by atoms with Gasteiger partial charge in [-0.2, -0.15) is 0 Å². The van der Waals surface area contributed by atoms with Gasteiger partial charge in [0.25, 0.3) is 5.91 Å². The molecule has 0 aliphatic rings. The smallest absolute Gasteiger partial charge is 0.269 e. The fourth-order valence-corrected chi connectivity index (χ4v) is 2.58. The third-order valence-corrected chi connectivity index (χ3v) is 3.74. The first kappa shape index (κ1) is 17.6. The molecule has 2 heterocycles. The van der Waals surface area contributed by atoms with Gasteiger partial charge in [-0.1, -0.05) is 24.3 Å². The number of anilines is 2. The zero-order valence-electron chi connectivity index (χ0n) is 14.9. The summed E-state index contributed by atoms with van der Waals surface area (Å²) in [6.45, 7) is 5.68. The minimum atomic E-state index is -0.190. The molecule has 3 N–H and O–H groups in total. The zero-order valence-corrected chi connectivity index (χ0v) is 14.9. The third-order valence-electron chi connectivity index (χ3n) is 3.74. The van der Waals surface area contributed by atoms with Gasteiger partial charge in [0, 0.05) is 31.1 Å². The standard InChI is InChI=1S/C19H22N6O/c1-3-20-17-12-18(24-13(2)23-17)21-10-11-22-19(26)16-9-8-14-6-4-5-7-15(14)25-16/h4-9,12H,3,10-11H2,1-2H3,(H,22,26)(H2,20,21,23,24). The van der Waals surface area contributed by atoms with Crippen LogP contribution in [0.3, 0.4) is 0 Å². The second-order valence-electron chi connectivity index (χ2n) is 5.79. The highest BCUT2D eigenvalue weighted by Crippen LogP contribution is 2.12. The van der Waals surface area contributed by atoms with E-state index in [1.807, 2.05) is 50.2 Å². The average Bonchev–Trinajstić information content (AvgIpc) is 2.64. The molecule has 0 saturated carbocycles. The van der Waals surface area contributed by atoms with Crippen molar-refractivity contribution >= 4 is 28.4 Å². The predicted octanol–water partition coefficient (Wildman–Crippen LogP) is 2.61. The number of benzene rings is 1. The van der Waals surface area contributed by atoms with E-state index in [1.54, 1.807) is 6.07 Å². The van der Waals surface area contributed by atoms with Crippen LogP contribution < -0.4 is 16.0 Å². The second-order valence-corrected chi connectivity index (χ2v) is 5.79. The highest BCUT2D eigenvalue weighted by molar-refractivity contribution is 5.94. The molecule has 26 heavy (non-hydrogen) atoms. The Kier molecular flexibility index (Phi) is 5.58. The Morgan fingerprint density at radius 3 is 2.54 bits per heavy atom. The predicted molar refractivity (Wildman–Crippen MR) is 103 cm³/mol. The van der Waals surface area contributed by atoms with Crippen molar-refractivity contribution in [3.63, 3.8) is 0 Å². The maximum atomic E-state index is 12.3. The third kappa shape index (κ3) is 4.44. The Morgan fingerprint density at radius 2 is 1.73 bits per heavy atom. The van der Waals surface area contributed by atoms with Gasteiger partial charge in [-0.3, -0.25) is 4.79 Å². The van der Waals surface area contributed by atoms with Gasteiger partial charge in [-0.05, 0) is 26.0 Å². The van der Waals surface area contributed by atoms with E-state index in [2.05, 4.69) is 30.9 Å². The molecule has 3 rings (SSSR count). The molecule has 3 aromatic rings. The summed E-state index contributed by atoms with van der Waals surface area (Å²) in [5.74, 6) is 2.01. The van der Waals surface area contributed by atoms with E-state index in [0.717, 1.165) is 29.1 Å². The van der Waals surface area contributed by atoms with Gasteiger partial charge in [-0.25, -0.2) is 15.0 Å². The van der Waals surface area contributed by atoms with E-state index in [9.17, 15) is 4.79 Å². The number of nitrogens with zero attached hydrogens (tertiary/aromatic N) is 3. The first-order chi connectivity index (χ1) is 12.7. The Bertz CT molecular complexity index is 911. The van der Waals surface area contributed by atoms with Crippen LogP contribution in [0.15, 0.2) is 42.5 Å². The van der Waals surface area contributed by atoms with Crippen molar-refractivity contribution in [3.05, 3.63) is 54.0 Å². The second kappa shape index (κ2) is 8.24. The van der Waals surface area contributed by atoms with Crippen LogP contribution in [0.4, 0.5) is 11.6 Å². The van der Waals surface area contributed by atoms with Crippen molar-refractivity contribution in [1.29, 1.82) is 0 Å². The summed E-state index contributed by atoms with van der Waals surface area (Å²) >= 11 is 0. The molecule has 0 aliphatic heterocycles. The lowest BCUT2D eigenvalue weighted by Gasteiger charge is -2.10. The van der Waals surface area contributed by atoms with Gasteiger partial charge in [0.1, 0.15) is 23.2 Å². The molecule has 0 fully saturated rings. The lowest BCUT2D eigenvalue weighted by Crippen LogP contribution is -2.29. The molecular weight excluding hydrogens is 328 g/mol. The monoisotopic (exact) mass is 350 g/mol. The number of aromatic nitrogens is 3. The quantitative estimate of drug-likeness (QED) is 0.567. The summed E-state index contributed by atoms with van der Waals surface area (Å²) in [7, 11) is 0. The average molecular weight is 350 g/mol. The first-order valence-electron chi connectivity index (χ1n) is 8.63. The molecule has 1 amide bonds. The van der Waals surface area contributed by atoms with Crippen LogP contribution >= 0.6 is 0 Å². The van der Waals surface area contributed by atoms with Crippen molar-refractivity contribution in [3.8, 4) is 0 Å². The number of aryl methyl sites for hydroxylation is 1. The van der Waals surface area contributed by atoms with E-state index >= 15 is 0 Å². The SMILES string of the molecule is CCNc1cc(NCCNC(=O)c2ccc3ccccc3n2)nc(C)n1. The van der Waals surface area contributed by atoms with E-state index in [4.69, 9.17) is 0 Å². The molecule has 0 radical (unpaired) electrons. The summed E-state index contributed by atoms with van der Waals surface area (Å²) in [4.78, 5) is 25.3. The minimum absolute atomic E-state index is 0.190. The topological polar surface area (TPSA) is 91.8 Å². The van der Waals surface area contributed by atoms with Crippen molar-refractivity contribution in [2.45, 2.75) is 13.8 Å². The summed E-state index contributed by atoms with van der Waals surface area (Å²) in [6, 6.07) is 13.2. The molecule has 0 saturated heterocycles. The van der Waals surface area contributed by atoms with Crippen LogP contribution in [0.5, 0.6) is 0 Å². The van der Waals surface area contributed by atoms with Crippen LogP contribution in [0.25, 0.3) is 10.9 Å². The van der Waals surface area contributed by atoms with Crippen LogP contribution in [-0.2, 0) is 0 Å². The Labute approximate surface area is 152 Å². The number of amides is 1. The molecule has 134 valence electrons. The van der Waals surface area contributed by atoms with Crippen molar-refractivity contribution in [2.24, 2.45) is 0 Å². The molecule has 0 atom stereocenters. The maximum Gasteiger partial charge on any atom is 0.269 e. The number of hydrogen-bond donors (Lipinski definition) is 3. The van der Waals surface area contributed by atoms with E-state index in [-0.39, 0.29) is 5.91 Å². The van der Waals surface area contributed by atoms with Gasteiger partial charge < -0.3 is 16.0 Å². The number of carbonyl (C=O) groups is 1. The van der Waals surface area contributed by atoms with Crippen LogP contribution in [0, 0.1) is 6.92 Å². The van der Waals surface area contributed by atoms with Gasteiger partial charge >= 0.3 is 0 Å². The van der Waals surface area contributed by atoms with Gasteiger partial charge in [0.15, 0.2) is 0 Å². The fourth-order valence-electron chi connectivity index (χ4n) is 2.58. The van der Waals surface area contributed by atoms with Gasteiger partial charge in [0.05, 0.1) is 5.52 Å². The Morgan fingerprint density at radius 1 is 0.962 bits per heavy atom. The molecule has 7 heteroatoms. The minimum Gasteiger partial charge on any atom is -0.370 e. The molecular formula is C19H22N6O. The fraction of sp³-hybridized carbons (Fsp3) is 0.263. The van der Waals surface area contributed by atoms with Crippen LogP contribution in [-0.4, -0.2) is 40.5 Å². The number of para-hydroxylation sites is 1. The van der Waals surface area contributed by atoms with E-state index < -0.39 is 0 Å². The summed E-state index contributed by atoms with van der Waals surface area (Å²) in [5, 5.41) is 10.2. The zero-order chi connectivity index (χ0) is 18.4. The highest BCUT2D eigenvalue weighted by Gasteiger charge is 2.07.